The molecule has 0 spiro atoms. The number of aromatic nitrogens is 1. The highest BCUT2D eigenvalue weighted by molar-refractivity contribution is 6.30. The molecule has 2 aromatic rings. The molecule has 2 rings (SSSR count). The van der Waals surface area contributed by atoms with Gasteiger partial charge < -0.3 is 9.84 Å². The number of rotatable bonds is 3. The summed E-state index contributed by atoms with van der Waals surface area (Å²) < 4.78 is 4.89. The number of nitrogens with zero attached hydrogens (tertiary/aromatic N) is 1. The summed E-state index contributed by atoms with van der Waals surface area (Å²) in [4.78, 5) is 11.9. The predicted molar refractivity (Wildman–Crippen MR) is 77.9 cm³/mol. The molecule has 0 saturated heterocycles. The van der Waals surface area contributed by atoms with E-state index in [-0.39, 0.29) is 6.03 Å². The molecule has 0 saturated carbocycles. The summed E-state index contributed by atoms with van der Waals surface area (Å²) in [5.41, 5.74) is 0.418. The SMILES string of the molecule is Cc1cc(NC(=O)NC(C)(C)c2ccc(Cl)cc2)no1. The third-order valence-electron chi connectivity index (χ3n) is 2.86. The van der Waals surface area contributed by atoms with Crippen molar-refractivity contribution >= 4 is 23.4 Å². The van der Waals surface area contributed by atoms with E-state index in [1.165, 1.54) is 0 Å². The van der Waals surface area contributed by atoms with Crippen LogP contribution in [0.5, 0.6) is 0 Å². The van der Waals surface area contributed by atoms with Crippen molar-refractivity contribution in [3.05, 3.63) is 46.7 Å². The van der Waals surface area contributed by atoms with Crippen molar-refractivity contribution in [1.82, 2.24) is 10.5 Å². The minimum Gasteiger partial charge on any atom is -0.360 e. The highest BCUT2D eigenvalue weighted by Gasteiger charge is 2.23. The first-order valence-corrected chi connectivity index (χ1v) is 6.53. The lowest BCUT2D eigenvalue weighted by Crippen LogP contribution is -2.43. The fraction of sp³-hybridized carbons (Fsp3) is 0.286. The number of amides is 2. The van der Waals surface area contributed by atoms with Crippen molar-refractivity contribution in [2.45, 2.75) is 26.3 Å². The number of hydrogen-bond donors (Lipinski definition) is 2. The number of urea groups is 1. The van der Waals surface area contributed by atoms with Gasteiger partial charge in [0.1, 0.15) is 5.76 Å². The van der Waals surface area contributed by atoms with Crippen LogP contribution in [0.15, 0.2) is 34.9 Å². The molecule has 1 heterocycles. The first-order chi connectivity index (χ1) is 9.37. The van der Waals surface area contributed by atoms with E-state index in [9.17, 15) is 4.79 Å². The number of carbonyl (C=O) groups excluding carboxylic acids is 1. The van der Waals surface area contributed by atoms with Crippen LogP contribution >= 0.6 is 11.6 Å². The molecule has 0 unspecified atom stereocenters. The van der Waals surface area contributed by atoms with E-state index in [4.69, 9.17) is 16.1 Å². The zero-order chi connectivity index (χ0) is 14.8. The molecule has 0 fully saturated rings. The third kappa shape index (κ3) is 3.51. The zero-order valence-corrected chi connectivity index (χ0v) is 12.3. The second-order valence-electron chi connectivity index (χ2n) is 5.03. The third-order valence-corrected chi connectivity index (χ3v) is 3.11. The number of nitrogens with one attached hydrogen (secondary N) is 2. The van der Waals surface area contributed by atoms with Crippen molar-refractivity contribution in [2.24, 2.45) is 0 Å². The predicted octanol–water partition coefficient (Wildman–Crippen LogP) is 3.69. The summed E-state index contributed by atoms with van der Waals surface area (Å²) in [6.45, 7) is 5.57. The van der Waals surface area contributed by atoms with Gasteiger partial charge in [-0.3, -0.25) is 5.32 Å². The van der Waals surface area contributed by atoms with E-state index < -0.39 is 5.54 Å². The maximum atomic E-state index is 11.9. The number of aryl methyl sites for hydroxylation is 1. The van der Waals surface area contributed by atoms with E-state index in [1.54, 1.807) is 25.1 Å². The second kappa shape index (κ2) is 5.54. The van der Waals surface area contributed by atoms with E-state index in [0.29, 0.717) is 16.6 Å². The molecule has 6 heteroatoms. The summed E-state index contributed by atoms with van der Waals surface area (Å²) in [6, 6.07) is 8.64. The molecule has 0 bridgehead atoms. The molecular weight excluding hydrogens is 278 g/mol. The van der Waals surface area contributed by atoms with Crippen LogP contribution < -0.4 is 10.6 Å². The van der Waals surface area contributed by atoms with E-state index >= 15 is 0 Å². The molecule has 5 nitrogen and oxygen atoms in total. The standard InChI is InChI=1S/C14H16ClN3O2/c1-9-8-12(18-20-9)16-13(19)17-14(2,3)10-4-6-11(15)7-5-10/h4-8H,1-3H3,(H2,16,17,18,19). The molecule has 2 N–H and O–H groups in total. The van der Waals surface area contributed by atoms with Crippen LogP contribution in [0.25, 0.3) is 0 Å². The van der Waals surface area contributed by atoms with Gasteiger partial charge in [-0.2, -0.15) is 0 Å². The van der Waals surface area contributed by atoms with Crippen LogP contribution in [-0.4, -0.2) is 11.2 Å². The molecule has 20 heavy (non-hydrogen) atoms. The smallest absolute Gasteiger partial charge is 0.321 e. The monoisotopic (exact) mass is 293 g/mol. The number of carbonyl (C=O) groups is 1. The van der Waals surface area contributed by atoms with Crippen LogP contribution in [0.3, 0.4) is 0 Å². The Balaban J connectivity index is 2.03. The average Bonchev–Trinajstić information content (AvgIpc) is 2.74. The molecule has 0 aliphatic heterocycles. The molecule has 0 radical (unpaired) electrons. The largest absolute Gasteiger partial charge is 0.360 e. The second-order valence-corrected chi connectivity index (χ2v) is 5.47. The van der Waals surface area contributed by atoms with Gasteiger partial charge in [-0.15, -0.1) is 0 Å². The summed E-state index contributed by atoms with van der Waals surface area (Å²) in [6.07, 6.45) is 0. The molecule has 0 aliphatic rings. The number of halogens is 1. The molecule has 1 aromatic carbocycles. The van der Waals surface area contributed by atoms with Gasteiger partial charge in [-0.05, 0) is 38.5 Å². The van der Waals surface area contributed by atoms with Crippen LogP contribution in [-0.2, 0) is 5.54 Å². The van der Waals surface area contributed by atoms with Gasteiger partial charge in [0.05, 0.1) is 5.54 Å². The maximum absolute atomic E-state index is 11.9. The zero-order valence-electron chi connectivity index (χ0n) is 11.5. The van der Waals surface area contributed by atoms with Gasteiger partial charge in [0.25, 0.3) is 0 Å². The first kappa shape index (κ1) is 14.4. The summed E-state index contributed by atoms with van der Waals surface area (Å²) >= 11 is 5.86. The minimum absolute atomic E-state index is 0.349. The van der Waals surface area contributed by atoms with E-state index in [2.05, 4.69) is 15.8 Å². The Morgan fingerprint density at radius 1 is 1.30 bits per heavy atom. The highest BCUT2D eigenvalue weighted by Crippen LogP contribution is 2.22. The molecule has 1 aromatic heterocycles. The molecule has 0 aliphatic carbocycles. The Bertz CT molecular complexity index is 605. The van der Waals surface area contributed by atoms with Crippen molar-refractivity contribution in [3.8, 4) is 0 Å². The van der Waals surface area contributed by atoms with E-state index in [0.717, 1.165) is 5.56 Å². The first-order valence-electron chi connectivity index (χ1n) is 6.15. The van der Waals surface area contributed by atoms with Gasteiger partial charge in [0, 0.05) is 11.1 Å². The number of anilines is 1. The van der Waals surface area contributed by atoms with Crippen molar-refractivity contribution < 1.29 is 9.32 Å². The Morgan fingerprint density at radius 2 is 1.95 bits per heavy atom. The van der Waals surface area contributed by atoms with E-state index in [1.807, 2.05) is 26.0 Å². The quantitative estimate of drug-likeness (QED) is 0.907. The lowest BCUT2D eigenvalue weighted by Gasteiger charge is -2.26. The Hall–Kier alpha value is -2.01. The Labute approximate surface area is 122 Å². The van der Waals surface area contributed by atoms with Crippen molar-refractivity contribution in [2.75, 3.05) is 5.32 Å². The van der Waals surface area contributed by atoms with Crippen LogP contribution in [0.4, 0.5) is 10.6 Å². The lowest BCUT2D eigenvalue weighted by atomic mass is 9.94. The van der Waals surface area contributed by atoms with Crippen LogP contribution in [0.1, 0.15) is 25.2 Å². The van der Waals surface area contributed by atoms with Gasteiger partial charge in [0.2, 0.25) is 0 Å². The van der Waals surface area contributed by atoms with Gasteiger partial charge >= 0.3 is 6.03 Å². The van der Waals surface area contributed by atoms with Gasteiger partial charge in [-0.25, -0.2) is 4.79 Å². The fourth-order valence-corrected chi connectivity index (χ4v) is 1.92. The molecule has 0 atom stereocenters. The molecular formula is C14H16ClN3O2. The lowest BCUT2D eigenvalue weighted by molar-refractivity contribution is 0.241. The Morgan fingerprint density at radius 3 is 2.50 bits per heavy atom. The maximum Gasteiger partial charge on any atom is 0.321 e. The molecule has 2 amide bonds. The summed E-state index contributed by atoms with van der Waals surface area (Å²) in [7, 11) is 0. The normalized spacial score (nSPS) is 11.2. The van der Waals surface area contributed by atoms with Crippen LogP contribution in [0, 0.1) is 6.92 Å². The van der Waals surface area contributed by atoms with Gasteiger partial charge in [-0.1, -0.05) is 28.9 Å². The van der Waals surface area contributed by atoms with Crippen molar-refractivity contribution in [1.29, 1.82) is 0 Å². The summed E-state index contributed by atoms with van der Waals surface area (Å²) in [5.74, 6) is 1.02. The fourth-order valence-electron chi connectivity index (χ4n) is 1.80. The number of hydrogen-bond acceptors (Lipinski definition) is 3. The average molecular weight is 294 g/mol. The van der Waals surface area contributed by atoms with Gasteiger partial charge in [0.15, 0.2) is 5.82 Å². The van der Waals surface area contributed by atoms with Crippen molar-refractivity contribution in [3.63, 3.8) is 0 Å². The number of benzene rings is 1. The minimum atomic E-state index is -0.534. The van der Waals surface area contributed by atoms with Crippen LogP contribution in [0.2, 0.25) is 5.02 Å². The Kier molecular flexibility index (Phi) is 3.99. The summed E-state index contributed by atoms with van der Waals surface area (Å²) in [5, 5.41) is 9.86. The molecule has 106 valence electrons. The highest BCUT2D eigenvalue weighted by atomic mass is 35.5. The topological polar surface area (TPSA) is 67.2 Å².